The van der Waals surface area contributed by atoms with E-state index in [-0.39, 0.29) is 0 Å². The molecule has 3 N–H and O–H groups in total. The average molecular weight is 240 g/mol. The molecule has 0 atom stereocenters. The number of primary amides is 1. The number of hydrogen-bond donors (Lipinski definition) is 2. The molecule has 0 spiro atoms. The molecule has 0 saturated heterocycles. The molecule has 4 heteroatoms. The maximum Gasteiger partial charge on any atom is 0.319 e. The largest absolute Gasteiger partial charge is 0.351 e. The summed E-state index contributed by atoms with van der Waals surface area (Å²) in [6, 6.07) is 15.8. The third-order valence-corrected chi connectivity index (χ3v) is 2.47. The smallest absolute Gasteiger partial charge is 0.319 e. The molecule has 0 radical (unpaired) electrons. The molecule has 0 aliphatic rings. The van der Waals surface area contributed by atoms with E-state index in [1.54, 1.807) is 18.2 Å². The fraction of sp³-hybridized carbons (Fsp3) is 0. The van der Waals surface area contributed by atoms with Gasteiger partial charge in [-0.05, 0) is 23.3 Å². The highest BCUT2D eigenvalue weighted by Crippen LogP contribution is 2.19. The number of rotatable bonds is 2. The van der Waals surface area contributed by atoms with Crippen molar-refractivity contribution in [1.29, 1.82) is 0 Å². The number of urea groups is 1. The van der Waals surface area contributed by atoms with Gasteiger partial charge in [-0.1, -0.05) is 42.5 Å². The monoisotopic (exact) mass is 240 g/mol. The van der Waals surface area contributed by atoms with Crippen molar-refractivity contribution in [1.82, 2.24) is 5.32 Å². The first-order valence-corrected chi connectivity index (χ1v) is 5.43. The fourth-order valence-corrected chi connectivity index (χ4v) is 1.65. The van der Waals surface area contributed by atoms with Gasteiger partial charge < -0.3 is 5.73 Å². The second kappa shape index (κ2) is 5.14. The Balaban J connectivity index is 2.31. The Hall–Kier alpha value is -2.62. The summed E-state index contributed by atoms with van der Waals surface area (Å²) < 4.78 is 0. The molecule has 0 fully saturated rings. The van der Waals surface area contributed by atoms with Crippen molar-refractivity contribution in [3.05, 3.63) is 60.2 Å². The lowest BCUT2D eigenvalue weighted by Crippen LogP contribution is -2.34. The maximum atomic E-state index is 11.6. The Labute approximate surface area is 104 Å². The van der Waals surface area contributed by atoms with Crippen molar-refractivity contribution in [2.24, 2.45) is 5.73 Å². The van der Waals surface area contributed by atoms with Gasteiger partial charge in [0, 0.05) is 5.56 Å². The van der Waals surface area contributed by atoms with Gasteiger partial charge in [-0.3, -0.25) is 10.1 Å². The SMILES string of the molecule is NC(=O)NC(=O)c1cccc(-c2ccccc2)c1. The third kappa shape index (κ3) is 2.74. The molecule has 2 rings (SSSR count). The molecule has 0 aromatic heterocycles. The van der Waals surface area contributed by atoms with Crippen LogP contribution < -0.4 is 11.1 Å². The maximum absolute atomic E-state index is 11.6. The highest BCUT2D eigenvalue weighted by Gasteiger charge is 2.08. The van der Waals surface area contributed by atoms with Gasteiger partial charge in [0.15, 0.2) is 0 Å². The minimum atomic E-state index is -0.856. The molecule has 0 heterocycles. The van der Waals surface area contributed by atoms with Crippen molar-refractivity contribution in [3.63, 3.8) is 0 Å². The molecule has 0 unspecified atom stereocenters. The van der Waals surface area contributed by atoms with Gasteiger partial charge in [0.05, 0.1) is 0 Å². The summed E-state index contributed by atoms with van der Waals surface area (Å²) >= 11 is 0. The predicted octanol–water partition coefficient (Wildman–Crippen LogP) is 2.16. The van der Waals surface area contributed by atoms with E-state index in [2.05, 4.69) is 0 Å². The van der Waals surface area contributed by atoms with E-state index in [4.69, 9.17) is 5.73 Å². The minimum absolute atomic E-state index is 0.398. The van der Waals surface area contributed by atoms with Crippen LogP contribution in [0, 0.1) is 0 Å². The van der Waals surface area contributed by atoms with Crippen LogP contribution in [0.5, 0.6) is 0 Å². The molecule has 90 valence electrons. The van der Waals surface area contributed by atoms with Gasteiger partial charge in [0.25, 0.3) is 5.91 Å². The number of nitrogens with two attached hydrogens (primary N) is 1. The Morgan fingerprint density at radius 3 is 2.22 bits per heavy atom. The molecule has 3 amide bonds. The van der Waals surface area contributed by atoms with E-state index in [0.29, 0.717) is 5.56 Å². The van der Waals surface area contributed by atoms with E-state index >= 15 is 0 Å². The number of amides is 3. The number of carbonyl (C=O) groups is 2. The molecule has 2 aromatic carbocycles. The number of imide groups is 1. The lowest BCUT2D eigenvalue weighted by Gasteiger charge is -2.05. The van der Waals surface area contributed by atoms with E-state index in [0.717, 1.165) is 11.1 Å². The Kier molecular flexibility index (Phi) is 3.38. The van der Waals surface area contributed by atoms with E-state index in [1.807, 2.05) is 41.7 Å². The first kappa shape index (κ1) is 11.9. The summed E-state index contributed by atoms with van der Waals surface area (Å²) in [7, 11) is 0. The van der Waals surface area contributed by atoms with Crippen molar-refractivity contribution in [2.45, 2.75) is 0 Å². The van der Waals surface area contributed by atoms with Crippen LogP contribution in [-0.4, -0.2) is 11.9 Å². The van der Waals surface area contributed by atoms with Gasteiger partial charge in [-0.2, -0.15) is 0 Å². The van der Waals surface area contributed by atoms with Crippen LogP contribution in [0.4, 0.5) is 4.79 Å². The van der Waals surface area contributed by atoms with Crippen LogP contribution in [0.2, 0.25) is 0 Å². The Bertz CT molecular complexity index is 579. The molecule has 18 heavy (non-hydrogen) atoms. The lowest BCUT2D eigenvalue weighted by atomic mass is 10.0. The minimum Gasteiger partial charge on any atom is -0.351 e. The zero-order valence-corrected chi connectivity index (χ0v) is 9.59. The van der Waals surface area contributed by atoms with Crippen molar-refractivity contribution < 1.29 is 9.59 Å². The summed E-state index contributed by atoms with van der Waals surface area (Å²) in [5.74, 6) is -0.500. The summed E-state index contributed by atoms with van der Waals surface area (Å²) in [5.41, 5.74) is 7.22. The van der Waals surface area contributed by atoms with Crippen LogP contribution in [0.25, 0.3) is 11.1 Å². The zero-order chi connectivity index (χ0) is 13.0. The number of hydrogen-bond acceptors (Lipinski definition) is 2. The second-order valence-electron chi connectivity index (χ2n) is 3.77. The van der Waals surface area contributed by atoms with Gasteiger partial charge in [0.2, 0.25) is 0 Å². The first-order chi connectivity index (χ1) is 8.66. The quantitative estimate of drug-likeness (QED) is 0.844. The molecule has 0 bridgehead atoms. The second-order valence-corrected chi connectivity index (χ2v) is 3.77. The van der Waals surface area contributed by atoms with Crippen molar-refractivity contribution in [2.75, 3.05) is 0 Å². The normalized spacial score (nSPS) is 9.78. The first-order valence-electron chi connectivity index (χ1n) is 5.43. The molecular weight excluding hydrogens is 228 g/mol. The molecule has 0 saturated carbocycles. The Morgan fingerprint density at radius 1 is 0.889 bits per heavy atom. The van der Waals surface area contributed by atoms with E-state index in [9.17, 15) is 9.59 Å². The lowest BCUT2D eigenvalue weighted by molar-refractivity contribution is 0.0966. The van der Waals surface area contributed by atoms with Crippen LogP contribution in [-0.2, 0) is 0 Å². The summed E-state index contributed by atoms with van der Waals surface area (Å²) in [5, 5.41) is 2.04. The highest BCUT2D eigenvalue weighted by atomic mass is 16.2. The number of benzene rings is 2. The summed E-state index contributed by atoms with van der Waals surface area (Å²) in [6.45, 7) is 0. The van der Waals surface area contributed by atoms with E-state index in [1.165, 1.54) is 0 Å². The summed E-state index contributed by atoms with van der Waals surface area (Å²) in [6.07, 6.45) is 0. The van der Waals surface area contributed by atoms with Gasteiger partial charge in [-0.15, -0.1) is 0 Å². The van der Waals surface area contributed by atoms with Crippen LogP contribution in [0.1, 0.15) is 10.4 Å². The van der Waals surface area contributed by atoms with Gasteiger partial charge >= 0.3 is 6.03 Å². The standard InChI is InChI=1S/C14H12N2O2/c15-14(18)16-13(17)12-8-4-7-11(9-12)10-5-2-1-3-6-10/h1-9H,(H3,15,16,17,18). The Morgan fingerprint density at radius 2 is 1.56 bits per heavy atom. The van der Waals surface area contributed by atoms with Crippen molar-refractivity contribution in [3.8, 4) is 11.1 Å². The average Bonchev–Trinajstić information content (AvgIpc) is 2.39. The number of carbonyl (C=O) groups excluding carboxylic acids is 2. The van der Waals surface area contributed by atoms with Crippen LogP contribution in [0.15, 0.2) is 54.6 Å². The molecule has 0 aliphatic carbocycles. The fourth-order valence-electron chi connectivity index (χ4n) is 1.65. The topological polar surface area (TPSA) is 72.2 Å². The zero-order valence-electron chi connectivity index (χ0n) is 9.59. The molecule has 4 nitrogen and oxygen atoms in total. The molecule has 0 aliphatic heterocycles. The van der Waals surface area contributed by atoms with Crippen LogP contribution >= 0.6 is 0 Å². The van der Waals surface area contributed by atoms with Gasteiger partial charge in [0.1, 0.15) is 0 Å². The van der Waals surface area contributed by atoms with Gasteiger partial charge in [-0.25, -0.2) is 4.79 Å². The molecular formula is C14H12N2O2. The highest BCUT2D eigenvalue weighted by molar-refractivity contribution is 6.04. The molecule has 2 aromatic rings. The van der Waals surface area contributed by atoms with E-state index < -0.39 is 11.9 Å². The number of nitrogens with one attached hydrogen (secondary N) is 1. The third-order valence-electron chi connectivity index (χ3n) is 2.47. The predicted molar refractivity (Wildman–Crippen MR) is 68.9 cm³/mol. The van der Waals surface area contributed by atoms with Crippen LogP contribution in [0.3, 0.4) is 0 Å². The van der Waals surface area contributed by atoms with Crippen molar-refractivity contribution >= 4 is 11.9 Å². The summed E-state index contributed by atoms with van der Waals surface area (Å²) in [4.78, 5) is 22.3.